The van der Waals surface area contributed by atoms with Crippen LogP contribution < -0.4 is 0 Å². The van der Waals surface area contributed by atoms with Crippen LogP contribution in [0.15, 0.2) is 6.20 Å². The molecule has 2 aromatic rings. The fourth-order valence-electron chi connectivity index (χ4n) is 1.34. The zero-order valence-electron chi connectivity index (χ0n) is 8.18. The minimum Gasteiger partial charge on any atom is -0.381 e. The Morgan fingerprint density at radius 2 is 2.33 bits per heavy atom. The Morgan fingerprint density at radius 3 is 2.80 bits per heavy atom. The second kappa shape index (κ2) is 3.88. The van der Waals surface area contributed by atoms with Crippen LogP contribution in [0.1, 0.15) is 22.4 Å². The van der Waals surface area contributed by atoms with Gasteiger partial charge < -0.3 is 5.11 Å². The lowest BCUT2D eigenvalue weighted by Crippen LogP contribution is -2.06. The molecule has 2 aromatic heterocycles. The van der Waals surface area contributed by atoms with Crippen LogP contribution >= 0.6 is 23.1 Å². The summed E-state index contributed by atoms with van der Waals surface area (Å²) in [4.78, 5) is 0.695. The van der Waals surface area contributed by atoms with Gasteiger partial charge in [-0.15, -0.1) is 5.10 Å². The smallest absolute Gasteiger partial charge is 0.135 e. The third-order valence-electron chi connectivity index (χ3n) is 2.13. The molecule has 0 spiro atoms. The van der Waals surface area contributed by atoms with Gasteiger partial charge in [0.2, 0.25) is 0 Å². The molecule has 80 valence electrons. The summed E-state index contributed by atoms with van der Waals surface area (Å²) in [6.45, 7) is 1.80. The molecule has 0 aliphatic heterocycles. The maximum Gasteiger partial charge on any atom is 0.135 e. The molecule has 7 heteroatoms. The van der Waals surface area contributed by atoms with Gasteiger partial charge >= 0.3 is 0 Å². The molecular weight excluding hydrogens is 236 g/mol. The average molecular weight is 245 g/mol. The lowest BCUT2D eigenvalue weighted by atomic mass is 10.2. The summed E-state index contributed by atoms with van der Waals surface area (Å²) in [6, 6.07) is 0. The van der Waals surface area contributed by atoms with Gasteiger partial charge in [-0.2, -0.15) is 5.10 Å². The third-order valence-corrected chi connectivity index (χ3v) is 3.30. The van der Waals surface area contributed by atoms with E-state index in [1.807, 2.05) is 0 Å². The van der Waals surface area contributed by atoms with E-state index in [1.54, 1.807) is 18.7 Å². The van der Waals surface area contributed by atoms with Crippen molar-refractivity contribution in [2.45, 2.75) is 13.0 Å². The molecule has 2 heterocycles. The van der Waals surface area contributed by atoms with Gasteiger partial charge in [0, 0.05) is 7.05 Å². The number of hydrogen-bond acceptors (Lipinski definition) is 5. The third kappa shape index (κ3) is 1.75. The summed E-state index contributed by atoms with van der Waals surface area (Å²) in [5.74, 6) is 0. The molecule has 0 saturated carbocycles. The van der Waals surface area contributed by atoms with Crippen molar-refractivity contribution in [1.82, 2.24) is 19.4 Å². The van der Waals surface area contributed by atoms with Crippen molar-refractivity contribution in [2.75, 3.05) is 0 Å². The molecular formula is C8H9ClN4OS. The summed E-state index contributed by atoms with van der Waals surface area (Å²) >= 11 is 7.09. The standard InChI is InChI=1S/C8H9ClN4OS/c1-4-8(15-12-11-4)7(14)6-5(9)3-10-13(6)2/h3,7,14H,1-2H3. The highest BCUT2D eigenvalue weighted by molar-refractivity contribution is 7.05. The van der Waals surface area contributed by atoms with Gasteiger partial charge in [-0.05, 0) is 18.5 Å². The van der Waals surface area contributed by atoms with Crippen molar-refractivity contribution in [3.63, 3.8) is 0 Å². The van der Waals surface area contributed by atoms with E-state index in [-0.39, 0.29) is 0 Å². The topological polar surface area (TPSA) is 63.8 Å². The fourth-order valence-corrected chi connectivity index (χ4v) is 2.25. The lowest BCUT2D eigenvalue weighted by Gasteiger charge is -2.09. The predicted molar refractivity (Wildman–Crippen MR) is 56.9 cm³/mol. The van der Waals surface area contributed by atoms with E-state index in [1.165, 1.54) is 6.20 Å². The predicted octanol–water partition coefficient (Wildman–Crippen LogP) is 1.32. The van der Waals surface area contributed by atoms with Gasteiger partial charge in [0.05, 0.1) is 27.5 Å². The second-order valence-electron chi connectivity index (χ2n) is 3.13. The first kappa shape index (κ1) is 10.5. The number of rotatable bonds is 2. The summed E-state index contributed by atoms with van der Waals surface area (Å²) in [7, 11) is 1.73. The maximum absolute atomic E-state index is 10.1. The first-order chi connectivity index (χ1) is 7.11. The molecule has 0 aromatic carbocycles. The Balaban J connectivity index is 2.45. The fraction of sp³-hybridized carbons (Fsp3) is 0.375. The van der Waals surface area contributed by atoms with Crippen molar-refractivity contribution in [3.05, 3.63) is 27.5 Å². The van der Waals surface area contributed by atoms with Crippen molar-refractivity contribution >= 4 is 23.1 Å². The highest BCUT2D eigenvalue weighted by atomic mass is 35.5. The van der Waals surface area contributed by atoms with E-state index < -0.39 is 6.10 Å². The summed E-state index contributed by atoms with van der Waals surface area (Å²) in [5, 5.41) is 18.3. The number of halogens is 1. The van der Waals surface area contributed by atoms with E-state index in [0.29, 0.717) is 21.3 Å². The summed E-state index contributed by atoms with van der Waals surface area (Å²) in [5.41, 5.74) is 1.27. The van der Waals surface area contributed by atoms with Gasteiger partial charge in [0.25, 0.3) is 0 Å². The number of hydrogen-bond donors (Lipinski definition) is 1. The molecule has 0 saturated heterocycles. The van der Waals surface area contributed by atoms with Crippen LogP contribution in [-0.4, -0.2) is 24.5 Å². The first-order valence-corrected chi connectivity index (χ1v) is 5.40. The van der Waals surface area contributed by atoms with Crippen LogP contribution in [0.3, 0.4) is 0 Å². The molecule has 5 nitrogen and oxygen atoms in total. The minimum atomic E-state index is -0.815. The van der Waals surface area contributed by atoms with Crippen molar-refractivity contribution in [3.8, 4) is 0 Å². The molecule has 2 rings (SSSR count). The molecule has 1 atom stereocenters. The zero-order chi connectivity index (χ0) is 11.0. The molecule has 0 fully saturated rings. The monoisotopic (exact) mass is 244 g/mol. The summed E-state index contributed by atoms with van der Waals surface area (Å²) < 4.78 is 5.32. The van der Waals surface area contributed by atoms with Crippen molar-refractivity contribution in [2.24, 2.45) is 7.05 Å². The second-order valence-corrected chi connectivity index (χ2v) is 4.32. The number of aliphatic hydroxyl groups is 1. The van der Waals surface area contributed by atoms with Crippen LogP contribution in [0.4, 0.5) is 0 Å². The SMILES string of the molecule is Cc1nnsc1C(O)c1c(Cl)cnn1C. The first-order valence-electron chi connectivity index (χ1n) is 4.25. The van der Waals surface area contributed by atoms with Gasteiger partial charge in [-0.25, -0.2) is 0 Å². The molecule has 0 radical (unpaired) electrons. The highest BCUT2D eigenvalue weighted by Crippen LogP contribution is 2.30. The number of aromatic nitrogens is 4. The van der Waals surface area contributed by atoms with E-state index in [0.717, 1.165) is 11.5 Å². The molecule has 0 aliphatic carbocycles. The van der Waals surface area contributed by atoms with Gasteiger partial charge in [0.1, 0.15) is 6.10 Å². The van der Waals surface area contributed by atoms with Crippen LogP contribution in [-0.2, 0) is 7.05 Å². The highest BCUT2D eigenvalue weighted by Gasteiger charge is 2.22. The Morgan fingerprint density at radius 1 is 1.60 bits per heavy atom. The quantitative estimate of drug-likeness (QED) is 0.865. The van der Waals surface area contributed by atoms with Gasteiger partial charge in [-0.1, -0.05) is 16.1 Å². The van der Waals surface area contributed by atoms with Crippen LogP contribution in [0.25, 0.3) is 0 Å². The van der Waals surface area contributed by atoms with Crippen molar-refractivity contribution in [1.29, 1.82) is 0 Å². The lowest BCUT2D eigenvalue weighted by molar-refractivity contribution is 0.212. The van der Waals surface area contributed by atoms with E-state index in [9.17, 15) is 5.11 Å². The maximum atomic E-state index is 10.1. The molecule has 0 amide bonds. The molecule has 0 bridgehead atoms. The van der Waals surface area contributed by atoms with E-state index in [2.05, 4.69) is 14.7 Å². The van der Waals surface area contributed by atoms with Gasteiger partial charge in [-0.3, -0.25) is 4.68 Å². The minimum absolute atomic E-state index is 0.442. The summed E-state index contributed by atoms with van der Waals surface area (Å²) in [6.07, 6.45) is 0.689. The van der Waals surface area contributed by atoms with Crippen LogP contribution in [0, 0.1) is 6.92 Å². The Hall–Kier alpha value is -0.980. The normalized spacial score (nSPS) is 13.1. The Labute approximate surface area is 95.5 Å². The molecule has 0 aliphatic rings. The Kier molecular flexibility index (Phi) is 2.72. The van der Waals surface area contributed by atoms with E-state index in [4.69, 9.17) is 11.6 Å². The number of nitrogens with zero attached hydrogens (tertiary/aromatic N) is 4. The number of aliphatic hydroxyl groups excluding tert-OH is 1. The average Bonchev–Trinajstić information content (AvgIpc) is 2.73. The molecule has 1 N–H and O–H groups in total. The van der Waals surface area contributed by atoms with E-state index >= 15 is 0 Å². The van der Waals surface area contributed by atoms with Crippen LogP contribution in [0.2, 0.25) is 5.02 Å². The Bertz CT molecular complexity index is 461. The zero-order valence-corrected chi connectivity index (χ0v) is 9.75. The molecule has 15 heavy (non-hydrogen) atoms. The molecule has 1 unspecified atom stereocenters. The van der Waals surface area contributed by atoms with Gasteiger partial charge in [0.15, 0.2) is 0 Å². The largest absolute Gasteiger partial charge is 0.381 e. The number of aryl methyl sites for hydroxylation is 2. The van der Waals surface area contributed by atoms with Crippen molar-refractivity contribution < 1.29 is 5.11 Å². The van der Waals surface area contributed by atoms with Crippen LogP contribution in [0.5, 0.6) is 0 Å².